The van der Waals surface area contributed by atoms with E-state index < -0.39 is 5.97 Å². The van der Waals surface area contributed by atoms with Crippen molar-refractivity contribution in [3.8, 4) is 11.9 Å². The summed E-state index contributed by atoms with van der Waals surface area (Å²) in [6.07, 6.45) is 13.9. The van der Waals surface area contributed by atoms with Crippen molar-refractivity contribution in [1.29, 1.82) is 5.26 Å². The lowest BCUT2D eigenvalue weighted by Crippen LogP contribution is -2.05. The third-order valence-electron chi connectivity index (χ3n) is 4.41. The van der Waals surface area contributed by atoms with Gasteiger partial charge in [-0.05, 0) is 13.3 Å². The Kier molecular flexibility index (Phi) is 10.5. The molecule has 0 aliphatic carbocycles. The number of ether oxygens (including phenoxy) is 1. The van der Waals surface area contributed by atoms with Crippen molar-refractivity contribution in [1.82, 2.24) is 4.57 Å². The van der Waals surface area contributed by atoms with E-state index in [2.05, 4.69) is 6.92 Å². The number of nitriles is 1. The molecule has 0 bridgehead atoms. The minimum atomic E-state index is -0.559. The maximum absolute atomic E-state index is 11.8. The molecule has 1 N–H and O–H groups in total. The highest BCUT2D eigenvalue weighted by Crippen LogP contribution is 2.24. The number of carbonyl (C=O) groups excluding carboxylic acids is 1. The monoisotopic (exact) mass is 348 g/mol. The van der Waals surface area contributed by atoms with Gasteiger partial charge in [-0.15, -0.1) is 0 Å². The number of nitrogens with zero attached hydrogens (tertiary/aromatic N) is 2. The maximum atomic E-state index is 11.8. The van der Waals surface area contributed by atoms with Crippen molar-refractivity contribution >= 4 is 5.97 Å². The van der Waals surface area contributed by atoms with Gasteiger partial charge in [-0.2, -0.15) is 5.26 Å². The zero-order chi connectivity index (χ0) is 18.5. The van der Waals surface area contributed by atoms with Gasteiger partial charge in [-0.1, -0.05) is 64.7 Å². The lowest BCUT2D eigenvalue weighted by Gasteiger charge is -2.05. The van der Waals surface area contributed by atoms with Gasteiger partial charge < -0.3 is 14.4 Å². The average Bonchev–Trinajstić information content (AvgIpc) is 2.92. The predicted molar refractivity (Wildman–Crippen MR) is 98.6 cm³/mol. The first kappa shape index (κ1) is 21.1. The van der Waals surface area contributed by atoms with Gasteiger partial charge in [-0.25, -0.2) is 4.79 Å². The molecule has 0 saturated carbocycles. The normalized spacial score (nSPS) is 10.6. The summed E-state index contributed by atoms with van der Waals surface area (Å²) in [4.78, 5) is 11.8. The van der Waals surface area contributed by atoms with E-state index in [1.807, 2.05) is 6.07 Å². The van der Waals surface area contributed by atoms with Crippen LogP contribution in [0.25, 0.3) is 0 Å². The van der Waals surface area contributed by atoms with Crippen LogP contribution in [0.15, 0.2) is 6.20 Å². The summed E-state index contributed by atoms with van der Waals surface area (Å²) < 4.78 is 6.51. The van der Waals surface area contributed by atoms with Gasteiger partial charge in [0.2, 0.25) is 5.88 Å². The van der Waals surface area contributed by atoms with Gasteiger partial charge >= 0.3 is 5.97 Å². The summed E-state index contributed by atoms with van der Waals surface area (Å²) in [5.41, 5.74) is 0.152. The quantitative estimate of drug-likeness (QED) is 0.394. The van der Waals surface area contributed by atoms with Crippen molar-refractivity contribution < 1.29 is 14.6 Å². The van der Waals surface area contributed by atoms with Gasteiger partial charge in [0, 0.05) is 12.7 Å². The fourth-order valence-electron chi connectivity index (χ4n) is 2.96. The zero-order valence-corrected chi connectivity index (χ0v) is 15.7. The molecular formula is C20H32N2O3. The van der Waals surface area contributed by atoms with E-state index in [1.54, 1.807) is 11.5 Å². The molecule has 0 saturated heterocycles. The molecule has 1 rings (SSSR count). The molecule has 0 fully saturated rings. The van der Waals surface area contributed by atoms with E-state index in [0.717, 1.165) is 12.8 Å². The first-order chi connectivity index (χ1) is 12.2. The number of rotatable bonds is 13. The third-order valence-corrected chi connectivity index (χ3v) is 4.41. The van der Waals surface area contributed by atoms with Crippen LogP contribution < -0.4 is 0 Å². The highest BCUT2D eigenvalue weighted by molar-refractivity contribution is 5.93. The second-order valence-corrected chi connectivity index (χ2v) is 6.45. The number of unbranched alkanes of at least 4 members (excludes halogenated alkanes) is 9. The Bertz CT molecular complexity index is 558. The first-order valence-electron chi connectivity index (χ1n) is 9.65. The van der Waals surface area contributed by atoms with Crippen LogP contribution in [-0.4, -0.2) is 22.2 Å². The van der Waals surface area contributed by atoms with Crippen LogP contribution in [0.5, 0.6) is 5.88 Å². The van der Waals surface area contributed by atoms with E-state index in [0.29, 0.717) is 6.54 Å². The Labute approximate surface area is 151 Å². The molecule has 5 heteroatoms. The van der Waals surface area contributed by atoms with Crippen LogP contribution in [0.2, 0.25) is 0 Å². The molecule has 0 atom stereocenters. The fraction of sp³-hybridized carbons (Fsp3) is 0.700. The van der Waals surface area contributed by atoms with Crippen molar-refractivity contribution in [2.24, 2.45) is 0 Å². The second-order valence-electron chi connectivity index (χ2n) is 6.45. The van der Waals surface area contributed by atoms with E-state index in [1.165, 1.54) is 57.6 Å². The van der Waals surface area contributed by atoms with Crippen molar-refractivity contribution in [2.45, 2.75) is 84.6 Å². The Morgan fingerprint density at radius 1 is 1.08 bits per heavy atom. The van der Waals surface area contributed by atoms with Crippen LogP contribution in [0.4, 0.5) is 0 Å². The Balaban J connectivity index is 2.31. The number of carbonyl (C=O) groups is 1. The Morgan fingerprint density at radius 3 is 2.16 bits per heavy atom. The Hall–Kier alpha value is -1.96. The minimum Gasteiger partial charge on any atom is -0.493 e. The van der Waals surface area contributed by atoms with Gasteiger partial charge in [-0.3, -0.25) is 0 Å². The van der Waals surface area contributed by atoms with Crippen LogP contribution in [0.1, 0.15) is 94.0 Å². The topological polar surface area (TPSA) is 75.2 Å². The third kappa shape index (κ3) is 7.21. The zero-order valence-electron chi connectivity index (χ0n) is 15.7. The molecule has 5 nitrogen and oxygen atoms in total. The molecule has 1 aromatic rings. The molecule has 1 heterocycles. The standard InChI is InChI=1S/C20H32N2O3/c1-3-5-6-7-8-9-10-11-12-13-14-22-16-18(20(24)25-4-2)17(15-21)19(22)23/h16,23H,3-14H2,1-2H3. The fourth-order valence-corrected chi connectivity index (χ4v) is 2.96. The van der Waals surface area contributed by atoms with Crippen molar-refractivity contribution in [2.75, 3.05) is 6.61 Å². The minimum absolute atomic E-state index is 0.00512. The van der Waals surface area contributed by atoms with Gasteiger partial charge in [0.25, 0.3) is 0 Å². The van der Waals surface area contributed by atoms with Gasteiger partial charge in [0.05, 0.1) is 12.2 Å². The smallest absolute Gasteiger partial charge is 0.341 e. The number of aromatic hydroxyl groups is 1. The highest BCUT2D eigenvalue weighted by atomic mass is 16.5. The van der Waals surface area contributed by atoms with Crippen LogP contribution in [-0.2, 0) is 11.3 Å². The lowest BCUT2D eigenvalue weighted by atomic mass is 10.1. The molecule has 0 radical (unpaired) electrons. The number of hydrogen-bond donors (Lipinski definition) is 1. The van der Waals surface area contributed by atoms with Crippen LogP contribution >= 0.6 is 0 Å². The predicted octanol–water partition coefficient (Wildman–Crippen LogP) is 5.16. The molecular weight excluding hydrogens is 316 g/mol. The molecule has 140 valence electrons. The molecule has 0 aromatic carbocycles. The Morgan fingerprint density at radius 2 is 1.64 bits per heavy atom. The summed E-state index contributed by atoms with van der Waals surface area (Å²) in [6, 6.07) is 1.89. The molecule has 0 aliphatic heterocycles. The maximum Gasteiger partial charge on any atom is 0.341 e. The van der Waals surface area contributed by atoms with E-state index in [4.69, 9.17) is 10.00 Å². The molecule has 0 spiro atoms. The molecule has 1 aromatic heterocycles. The first-order valence-corrected chi connectivity index (χ1v) is 9.65. The number of aromatic nitrogens is 1. The summed E-state index contributed by atoms with van der Waals surface area (Å²) in [7, 11) is 0. The molecule has 25 heavy (non-hydrogen) atoms. The molecule has 0 amide bonds. The molecule has 0 unspecified atom stereocenters. The van der Waals surface area contributed by atoms with E-state index >= 15 is 0 Å². The summed E-state index contributed by atoms with van der Waals surface area (Å²) in [6.45, 7) is 4.80. The molecule has 0 aliphatic rings. The average molecular weight is 348 g/mol. The number of esters is 1. The summed E-state index contributed by atoms with van der Waals surface area (Å²) >= 11 is 0. The largest absolute Gasteiger partial charge is 0.493 e. The van der Waals surface area contributed by atoms with E-state index in [-0.39, 0.29) is 23.6 Å². The van der Waals surface area contributed by atoms with Crippen LogP contribution in [0, 0.1) is 11.3 Å². The van der Waals surface area contributed by atoms with E-state index in [9.17, 15) is 9.90 Å². The summed E-state index contributed by atoms with van der Waals surface area (Å²) in [5, 5.41) is 19.2. The summed E-state index contributed by atoms with van der Waals surface area (Å²) in [5.74, 6) is -0.697. The SMILES string of the molecule is CCCCCCCCCCCCn1cc(C(=O)OCC)c(C#N)c1O. The number of aryl methyl sites for hydroxylation is 1. The van der Waals surface area contributed by atoms with Crippen molar-refractivity contribution in [3.63, 3.8) is 0 Å². The van der Waals surface area contributed by atoms with Crippen LogP contribution in [0.3, 0.4) is 0 Å². The van der Waals surface area contributed by atoms with Crippen molar-refractivity contribution in [3.05, 3.63) is 17.3 Å². The highest BCUT2D eigenvalue weighted by Gasteiger charge is 2.21. The second kappa shape index (κ2) is 12.4. The lowest BCUT2D eigenvalue weighted by molar-refractivity contribution is 0.0526. The van der Waals surface area contributed by atoms with Gasteiger partial charge in [0.15, 0.2) is 0 Å². The number of hydrogen-bond acceptors (Lipinski definition) is 4. The van der Waals surface area contributed by atoms with Gasteiger partial charge in [0.1, 0.15) is 11.6 Å².